The number of rotatable bonds is 8. The van der Waals surface area contributed by atoms with Crippen molar-refractivity contribution in [2.75, 3.05) is 41.2 Å². The number of carbonyl (C=O) groups is 1. The van der Waals surface area contributed by atoms with Gasteiger partial charge in [-0.2, -0.15) is 0 Å². The van der Waals surface area contributed by atoms with Gasteiger partial charge in [0, 0.05) is 38.5 Å². The zero-order valence-electron chi connectivity index (χ0n) is 13.0. The van der Waals surface area contributed by atoms with Crippen LogP contribution in [0.3, 0.4) is 0 Å². The number of methoxy groups -OCH3 is 3. The third-order valence-corrected chi connectivity index (χ3v) is 3.22. The van der Waals surface area contributed by atoms with Crippen LogP contribution in [0.1, 0.15) is 10.4 Å². The van der Waals surface area contributed by atoms with Gasteiger partial charge in [-0.3, -0.25) is 0 Å². The van der Waals surface area contributed by atoms with Crippen LogP contribution in [0, 0.1) is 0 Å². The molecule has 0 spiro atoms. The average Bonchev–Trinajstić information content (AvgIpc) is 2.92. The van der Waals surface area contributed by atoms with Gasteiger partial charge < -0.3 is 23.5 Å². The lowest BCUT2D eigenvalue weighted by Gasteiger charge is -2.09. The molecule has 0 aliphatic rings. The molecule has 0 N–H and O–H groups in total. The Morgan fingerprint density at radius 1 is 1.18 bits per heavy atom. The molecule has 2 aromatic rings. The average molecular weight is 308 g/mol. The van der Waals surface area contributed by atoms with Gasteiger partial charge in [-0.15, -0.1) is 0 Å². The molecule has 120 valence electrons. The summed E-state index contributed by atoms with van der Waals surface area (Å²) in [5, 5.41) is 0.741. The smallest absolute Gasteiger partial charge is 0.340 e. The topological polar surface area (TPSA) is 71.8 Å². The number of carbonyl (C=O) groups excluding carboxylic acids is 1. The minimum Gasteiger partial charge on any atom is -0.474 e. The van der Waals surface area contributed by atoms with Crippen LogP contribution in [0.4, 0.5) is 0 Å². The fraction of sp³-hybridized carbons (Fsp3) is 0.467. The van der Waals surface area contributed by atoms with Gasteiger partial charge in [-0.25, -0.2) is 9.78 Å². The summed E-state index contributed by atoms with van der Waals surface area (Å²) in [5.41, 5.74) is 1.23. The molecular weight excluding hydrogens is 288 g/mol. The summed E-state index contributed by atoms with van der Waals surface area (Å²) < 4.78 is 22.5. The van der Waals surface area contributed by atoms with Crippen LogP contribution in [-0.4, -0.2) is 56.7 Å². The summed E-state index contributed by atoms with van der Waals surface area (Å²) in [7, 11) is 4.59. The van der Waals surface area contributed by atoms with Gasteiger partial charge in [0.1, 0.15) is 12.1 Å². The lowest BCUT2D eigenvalue weighted by Crippen LogP contribution is -2.08. The molecular formula is C15H20N2O5. The van der Waals surface area contributed by atoms with Crippen LogP contribution in [-0.2, 0) is 20.8 Å². The first-order valence-electron chi connectivity index (χ1n) is 6.89. The van der Waals surface area contributed by atoms with Crippen molar-refractivity contribution in [1.29, 1.82) is 0 Å². The molecule has 0 amide bonds. The van der Waals surface area contributed by atoms with Gasteiger partial charge in [0.25, 0.3) is 0 Å². The third kappa shape index (κ3) is 3.37. The summed E-state index contributed by atoms with van der Waals surface area (Å²) in [6, 6.07) is 1.77. The first kappa shape index (κ1) is 16.3. The van der Waals surface area contributed by atoms with E-state index in [-0.39, 0.29) is 0 Å². The quantitative estimate of drug-likeness (QED) is 0.543. The highest BCUT2D eigenvalue weighted by Gasteiger charge is 2.19. The normalized spacial score (nSPS) is 10.9. The van der Waals surface area contributed by atoms with E-state index in [1.54, 1.807) is 32.7 Å². The third-order valence-electron chi connectivity index (χ3n) is 3.22. The summed E-state index contributed by atoms with van der Waals surface area (Å²) >= 11 is 0. The predicted molar refractivity (Wildman–Crippen MR) is 80.3 cm³/mol. The van der Waals surface area contributed by atoms with Gasteiger partial charge in [0.2, 0.25) is 5.88 Å². The second kappa shape index (κ2) is 7.77. The standard InChI is InChI=1S/C15H20N2O5/c1-19-7-6-17-10-12(15(18)21-3)11-4-5-16-14(13(11)17)22-9-8-20-2/h4-5,10H,6-9H2,1-3H3. The molecule has 0 saturated carbocycles. The molecule has 0 aromatic carbocycles. The Balaban J connectivity index is 2.46. The number of fused-ring (bicyclic) bond motifs is 1. The second-order valence-corrected chi connectivity index (χ2v) is 4.57. The van der Waals surface area contributed by atoms with E-state index in [9.17, 15) is 4.79 Å². The summed E-state index contributed by atoms with van der Waals surface area (Å²) in [6.07, 6.45) is 3.35. The Kier molecular flexibility index (Phi) is 5.74. The van der Waals surface area contributed by atoms with Gasteiger partial charge >= 0.3 is 5.97 Å². The molecule has 22 heavy (non-hydrogen) atoms. The Bertz CT molecular complexity index is 638. The van der Waals surface area contributed by atoms with Gasteiger partial charge in [-0.1, -0.05) is 0 Å². The zero-order valence-corrected chi connectivity index (χ0v) is 13.0. The maximum atomic E-state index is 11.9. The first-order chi connectivity index (χ1) is 10.7. The van der Waals surface area contributed by atoms with Crippen molar-refractivity contribution in [1.82, 2.24) is 9.55 Å². The maximum absolute atomic E-state index is 11.9. The van der Waals surface area contributed by atoms with E-state index in [1.807, 2.05) is 4.57 Å². The van der Waals surface area contributed by atoms with E-state index in [2.05, 4.69) is 4.98 Å². The maximum Gasteiger partial charge on any atom is 0.340 e. The number of hydrogen-bond donors (Lipinski definition) is 0. The number of nitrogens with zero attached hydrogens (tertiary/aromatic N) is 2. The molecule has 0 aliphatic heterocycles. The van der Waals surface area contributed by atoms with E-state index in [0.29, 0.717) is 37.8 Å². The van der Waals surface area contributed by atoms with Gasteiger partial charge in [0.05, 0.1) is 25.9 Å². The Hall–Kier alpha value is -2.12. The van der Waals surface area contributed by atoms with E-state index in [0.717, 1.165) is 10.9 Å². The Morgan fingerprint density at radius 2 is 1.95 bits per heavy atom. The Morgan fingerprint density at radius 3 is 2.64 bits per heavy atom. The molecule has 0 saturated heterocycles. The largest absolute Gasteiger partial charge is 0.474 e. The highest BCUT2D eigenvalue weighted by molar-refractivity contribution is 6.05. The first-order valence-corrected chi connectivity index (χ1v) is 6.89. The molecule has 0 atom stereocenters. The van der Waals surface area contributed by atoms with Crippen molar-refractivity contribution in [3.8, 4) is 5.88 Å². The van der Waals surface area contributed by atoms with Crippen molar-refractivity contribution in [2.45, 2.75) is 6.54 Å². The fourth-order valence-corrected chi connectivity index (χ4v) is 2.19. The molecule has 0 unspecified atom stereocenters. The van der Waals surface area contributed by atoms with Crippen LogP contribution in [0.5, 0.6) is 5.88 Å². The lowest BCUT2D eigenvalue weighted by atomic mass is 10.2. The number of hydrogen-bond acceptors (Lipinski definition) is 6. The number of ether oxygens (including phenoxy) is 4. The van der Waals surface area contributed by atoms with Crippen molar-refractivity contribution in [3.05, 3.63) is 24.0 Å². The number of pyridine rings is 1. The number of aromatic nitrogens is 2. The minimum absolute atomic E-state index is 0.381. The summed E-state index contributed by atoms with van der Waals surface area (Å²) in [4.78, 5) is 16.2. The van der Waals surface area contributed by atoms with Crippen molar-refractivity contribution in [3.63, 3.8) is 0 Å². The van der Waals surface area contributed by atoms with Gasteiger partial charge in [-0.05, 0) is 6.07 Å². The molecule has 0 radical (unpaired) electrons. The summed E-state index contributed by atoms with van der Waals surface area (Å²) in [6.45, 7) is 1.93. The highest BCUT2D eigenvalue weighted by atomic mass is 16.5. The fourth-order valence-electron chi connectivity index (χ4n) is 2.19. The van der Waals surface area contributed by atoms with E-state index in [1.165, 1.54) is 7.11 Å². The molecule has 2 rings (SSSR count). The van der Waals surface area contributed by atoms with Gasteiger partial charge in [0.15, 0.2) is 0 Å². The number of esters is 1. The molecule has 2 heterocycles. The van der Waals surface area contributed by atoms with Crippen molar-refractivity contribution in [2.24, 2.45) is 0 Å². The second-order valence-electron chi connectivity index (χ2n) is 4.57. The monoisotopic (exact) mass is 308 g/mol. The molecule has 0 fully saturated rings. The minimum atomic E-state index is -0.393. The Labute approximate surface area is 128 Å². The van der Waals surface area contributed by atoms with Crippen LogP contribution < -0.4 is 4.74 Å². The van der Waals surface area contributed by atoms with Crippen LogP contribution in [0.25, 0.3) is 10.9 Å². The van der Waals surface area contributed by atoms with E-state index < -0.39 is 5.97 Å². The summed E-state index contributed by atoms with van der Waals surface area (Å²) in [5.74, 6) is 0.0658. The molecule has 7 heteroatoms. The zero-order chi connectivity index (χ0) is 15.9. The lowest BCUT2D eigenvalue weighted by molar-refractivity contribution is 0.0602. The van der Waals surface area contributed by atoms with E-state index in [4.69, 9.17) is 18.9 Å². The predicted octanol–water partition coefficient (Wildman–Crippen LogP) is 1.49. The van der Waals surface area contributed by atoms with Crippen molar-refractivity contribution >= 4 is 16.9 Å². The van der Waals surface area contributed by atoms with Crippen LogP contribution in [0.2, 0.25) is 0 Å². The van der Waals surface area contributed by atoms with Crippen LogP contribution >= 0.6 is 0 Å². The molecule has 7 nitrogen and oxygen atoms in total. The molecule has 0 bridgehead atoms. The molecule has 0 aliphatic carbocycles. The van der Waals surface area contributed by atoms with Crippen molar-refractivity contribution < 1.29 is 23.7 Å². The SMILES string of the molecule is COCCOc1nccc2c(C(=O)OC)cn(CCOC)c12. The molecule has 2 aromatic heterocycles. The van der Waals surface area contributed by atoms with E-state index >= 15 is 0 Å². The van der Waals surface area contributed by atoms with Crippen LogP contribution in [0.15, 0.2) is 18.5 Å². The highest BCUT2D eigenvalue weighted by Crippen LogP contribution is 2.28.